The molecule has 0 radical (unpaired) electrons. The summed E-state index contributed by atoms with van der Waals surface area (Å²) in [6.45, 7) is 5.39. The van der Waals surface area contributed by atoms with Crippen LogP contribution in [0.15, 0.2) is 70.9 Å². The lowest BCUT2D eigenvalue weighted by Crippen LogP contribution is -2.48. The van der Waals surface area contributed by atoms with Crippen LogP contribution in [0.1, 0.15) is 52.2 Å². The second-order valence-corrected chi connectivity index (χ2v) is 10.6. The molecule has 33 heavy (non-hydrogen) atoms. The lowest BCUT2D eigenvalue weighted by Gasteiger charge is -2.42. The lowest BCUT2D eigenvalue weighted by atomic mass is 9.81. The van der Waals surface area contributed by atoms with Crippen LogP contribution >= 0.6 is 23.1 Å². The zero-order chi connectivity index (χ0) is 23.4. The van der Waals surface area contributed by atoms with E-state index in [9.17, 15) is 9.59 Å². The SMILES string of the molecule is CSc1ccc(CCNC(=O)[C@@H]2c3ccccc3C(=O)N(CC(C)C)[C@H]2c2cccs2)cc1. The minimum Gasteiger partial charge on any atom is -0.355 e. The normalized spacial score (nSPS) is 17.8. The van der Waals surface area contributed by atoms with E-state index >= 15 is 0 Å². The Morgan fingerprint density at radius 2 is 1.85 bits per heavy atom. The molecule has 4 rings (SSSR count). The van der Waals surface area contributed by atoms with Crippen LogP contribution in [-0.2, 0) is 11.2 Å². The maximum absolute atomic E-state index is 13.6. The maximum atomic E-state index is 13.6. The number of carbonyl (C=O) groups is 2. The largest absolute Gasteiger partial charge is 0.355 e. The van der Waals surface area contributed by atoms with Gasteiger partial charge in [-0.05, 0) is 59.4 Å². The number of thioether (sulfide) groups is 1. The molecule has 0 bridgehead atoms. The molecule has 2 heterocycles. The van der Waals surface area contributed by atoms with Crippen LogP contribution in [-0.4, -0.2) is 36.1 Å². The number of hydrogen-bond donors (Lipinski definition) is 1. The van der Waals surface area contributed by atoms with Crippen LogP contribution in [0.3, 0.4) is 0 Å². The fourth-order valence-corrected chi connectivity index (χ4v) is 5.76. The van der Waals surface area contributed by atoms with Crippen molar-refractivity contribution in [1.82, 2.24) is 10.2 Å². The summed E-state index contributed by atoms with van der Waals surface area (Å²) in [5.41, 5.74) is 2.66. The van der Waals surface area contributed by atoms with Gasteiger partial charge in [0.25, 0.3) is 5.91 Å². The van der Waals surface area contributed by atoms with Crippen molar-refractivity contribution in [2.75, 3.05) is 19.3 Å². The number of carbonyl (C=O) groups excluding carboxylic acids is 2. The number of benzene rings is 2. The second kappa shape index (κ2) is 10.6. The predicted molar refractivity (Wildman–Crippen MR) is 137 cm³/mol. The van der Waals surface area contributed by atoms with Gasteiger partial charge in [-0.3, -0.25) is 9.59 Å². The molecule has 0 saturated heterocycles. The van der Waals surface area contributed by atoms with Crippen LogP contribution < -0.4 is 5.32 Å². The van der Waals surface area contributed by atoms with Crippen molar-refractivity contribution >= 4 is 34.9 Å². The first-order chi connectivity index (χ1) is 16.0. The monoisotopic (exact) mass is 478 g/mol. The van der Waals surface area contributed by atoms with Gasteiger partial charge in [0.1, 0.15) is 0 Å². The number of hydrogen-bond acceptors (Lipinski definition) is 4. The Labute approximate surface area is 204 Å². The van der Waals surface area contributed by atoms with E-state index in [2.05, 4.69) is 49.7 Å². The third-order valence-corrected chi connectivity index (χ3v) is 7.68. The molecule has 0 aliphatic carbocycles. The summed E-state index contributed by atoms with van der Waals surface area (Å²) in [7, 11) is 0. The first-order valence-electron chi connectivity index (χ1n) is 11.3. The third-order valence-electron chi connectivity index (χ3n) is 5.99. The fourth-order valence-electron chi connectivity index (χ4n) is 4.48. The van der Waals surface area contributed by atoms with Gasteiger partial charge in [0.05, 0.1) is 12.0 Å². The van der Waals surface area contributed by atoms with Gasteiger partial charge in [-0.15, -0.1) is 23.1 Å². The van der Waals surface area contributed by atoms with Gasteiger partial charge in [0.15, 0.2) is 0 Å². The molecule has 0 unspecified atom stereocenters. The molecular formula is C27H30N2O2S2. The Hall–Kier alpha value is -2.57. The highest BCUT2D eigenvalue weighted by Gasteiger charge is 2.44. The van der Waals surface area contributed by atoms with Gasteiger partial charge in [-0.25, -0.2) is 0 Å². The summed E-state index contributed by atoms with van der Waals surface area (Å²) < 4.78 is 0. The molecule has 2 aromatic carbocycles. The molecule has 0 fully saturated rings. The maximum Gasteiger partial charge on any atom is 0.254 e. The van der Waals surface area contributed by atoms with Crippen molar-refractivity contribution in [3.05, 3.63) is 87.6 Å². The minimum absolute atomic E-state index is 0.00985. The van der Waals surface area contributed by atoms with Gasteiger partial charge < -0.3 is 10.2 Å². The number of nitrogens with one attached hydrogen (secondary N) is 1. The number of thiophene rings is 1. The average molecular weight is 479 g/mol. The van der Waals surface area contributed by atoms with E-state index in [1.54, 1.807) is 23.1 Å². The highest BCUT2D eigenvalue weighted by atomic mass is 32.2. The molecule has 1 aliphatic heterocycles. The summed E-state index contributed by atoms with van der Waals surface area (Å²) in [5.74, 6) is -0.150. The summed E-state index contributed by atoms with van der Waals surface area (Å²) in [6, 6.07) is 19.8. The van der Waals surface area contributed by atoms with Crippen LogP contribution in [0.4, 0.5) is 0 Å². The first kappa shape index (κ1) is 23.6. The standard InChI is InChI=1S/C27H30N2O2S2/c1-18(2)17-29-25(23-9-6-16-33-23)24(21-7-4-5-8-22(21)27(29)31)26(30)28-15-14-19-10-12-20(32-3)13-11-19/h4-13,16,18,24-25H,14-15,17H2,1-3H3,(H,28,30)/t24-,25+/m1/s1. The topological polar surface area (TPSA) is 49.4 Å². The lowest BCUT2D eigenvalue weighted by molar-refractivity contribution is -0.124. The van der Waals surface area contributed by atoms with E-state index in [1.807, 2.05) is 46.7 Å². The van der Waals surface area contributed by atoms with Crippen molar-refractivity contribution in [2.24, 2.45) is 5.92 Å². The molecular weight excluding hydrogens is 448 g/mol. The van der Waals surface area contributed by atoms with Crippen LogP contribution in [0, 0.1) is 5.92 Å². The number of amides is 2. The molecule has 172 valence electrons. The molecule has 2 atom stereocenters. The summed E-state index contributed by atoms with van der Waals surface area (Å²) in [5, 5.41) is 5.19. The van der Waals surface area contributed by atoms with E-state index < -0.39 is 5.92 Å². The van der Waals surface area contributed by atoms with Crippen molar-refractivity contribution in [3.8, 4) is 0 Å². The van der Waals surface area contributed by atoms with Gasteiger partial charge in [0, 0.05) is 28.4 Å². The van der Waals surface area contributed by atoms with Gasteiger partial charge in [0.2, 0.25) is 5.91 Å². The van der Waals surface area contributed by atoms with Crippen molar-refractivity contribution < 1.29 is 9.59 Å². The first-order valence-corrected chi connectivity index (χ1v) is 13.4. The molecule has 1 N–H and O–H groups in total. The van der Waals surface area contributed by atoms with E-state index in [0.717, 1.165) is 16.9 Å². The molecule has 4 nitrogen and oxygen atoms in total. The summed E-state index contributed by atoms with van der Waals surface area (Å²) in [4.78, 5) is 31.3. The molecule has 6 heteroatoms. The quantitative estimate of drug-likeness (QED) is 0.419. The Morgan fingerprint density at radius 3 is 2.52 bits per heavy atom. The molecule has 3 aromatic rings. The number of rotatable bonds is 8. The van der Waals surface area contributed by atoms with Crippen molar-refractivity contribution in [3.63, 3.8) is 0 Å². The Balaban J connectivity index is 1.61. The number of nitrogens with zero attached hydrogens (tertiary/aromatic N) is 1. The van der Waals surface area contributed by atoms with Crippen LogP contribution in [0.25, 0.3) is 0 Å². The Kier molecular flexibility index (Phi) is 7.56. The number of fused-ring (bicyclic) bond motifs is 1. The van der Waals surface area contributed by atoms with E-state index in [4.69, 9.17) is 0 Å². The van der Waals surface area contributed by atoms with Gasteiger partial charge in [-0.2, -0.15) is 0 Å². The third kappa shape index (κ3) is 5.17. The highest BCUT2D eigenvalue weighted by Crippen LogP contribution is 2.44. The van der Waals surface area contributed by atoms with Crippen molar-refractivity contribution in [2.45, 2.75) is 37.1 Å². The molecule has 0 spiro atoms. The van der Waals surface area contributed by atoms with E-state index in [-0.39, 0.29) is 17.9 Å². The van der Waals surface area contributed by atoms with Gasteiger partial charge in [-0.1, -0.05) is 50.2 Å². The zero-order valence-electron chi connectivity index (χ0n) is 19.3. The molecule has 0 saturated carbocycles. The fraction of sp³-hybridized carbons (Fsp3) is 0.333. The Morgan fingerprint density at radius 1 is 1.09 bits per heavy atom. The van der Waals surface area contributed by atoms with Crippen molar-refractivity contribution in [1.29, 1.82) is 0 Å². The van der Waals surface area contributed by atoms with E-state index in [0.29, 0.717) is 24.6 Å². The zero-order valence-corrected chi connectivity index (χ0v) is 20.9. The highest BCUT2D eigenvalue weighted by molar-refractivity contribution is 7.98. The second-order valence-electron chi connectivity index (χ2n) is 8.77. The van der Waals surface area contributed by atoms with E-state index in [1.165, 1.54) is 10.5 Å². The summed E-state index contributed by atoms with van der Waals surface area (Å²) in [6.07, 6.45) is 2.83. The molecule has 2 amide bonds. The van der Waals surface area contributed by atoms with Crippen LogP contribution in [0.5, 0.6) is 0 Å². The Bertz CT molecular complexity index is 1090. The van der Waals surface area contributed by atoms with Crippen LogP contribution in [0.2, 0.25) is 0 Å². The molecule has 1 aliphatic rings. The average Bonchev–Trinajstić information content (AvgIpc) is 3.35. The predicted octanol–water partition coefficient (Wildman–Crippen LogP) is 5.77. The minimum atomic E-state index is -0.435. The smallest absolute Gasteiger partial charge is 0.254 e. The summed E-state index contributed by atoms with van der Waals surface area (Å²) >= 11 is 3.33. The molecule has 1 aromatic heterocycles. The van der Waals surface area contributed by atoms with Gasteiger partial charge >= 0.3 is 0 Å².